The molecule has 2 aliphatic rings. The highest BCUT2D eigenvalue weighted by molar-refractivity contribution is 4.94. The lowest BCUT2D eigenvalue weighted by molar-refractivity contribution is 0.0177. The number of hydrogen-bond donors (Lipinski definition) is 1. The number of nitrogens with zero attached hydrogens (tertiary/aromatic N) is 1. The molecule has 3 unspecified atom stereocenters. The van der Waals surface area contributed by atoms with E-state index in [1.807, 2.05) is 0 Å². The Morgan fingerprint density at radius 3 is 2.35 bits per heavy atom. The van der Waals surface area contributed by atoms with Crippen LogP contribution in [0.2, 0.25) is 0 Å². The van der Waals surface area contributed by atoms with Crippen molar-refractivity contribution in [2.75, 3.05) is 19.6 Å². The summed E-state index contributed by atoms with van der Waals surface area (Å²) in [6.07, 6.45) is 7.00. The van der Waals surface area contributed by atoms with Crippen molar-refractivity contribution in [1.82, 2.24) is 4.90 Å². The van der Waals surface area contributed by atoms with Gasteiger partial charge in [0.25, 0.3) is 0 Å². The van der Waals surface area contributed by atoms with Crippen molar-refractivity contribution in [3.63, 3.8) is 0 Å². The zero-order valence-corrected chi connectivity index (χ0v) is 11.9. The molecule has 3 atom stereocenters. The summed E-state index contributed by atoms with van der Waals surface area (Å²) in [5.41, 5.74) is 6.37. The first kappa shape index (κ1) is 13.4. The molecule has 0 amide bonds. The molecule has 2 fully saturated rings. The molecule has 1 heterocycles. The molecule has 0 aromatic rings. The maximum Gasteiger partial charge on any atom is 0.0306 e. The first-order chi connectivity index (χ1) is 8.05. The number of hydrogen-bond acceptors (Lipinski definition) is 2. The summed E-state index contributed by atoms with van der Waals surface area (Å²) in [5, 5.41) is 0. The van der Waals surface area contributed by atoms with E-state index in [2.05, 4.69) is 25.7 Å². The molecule has 17 heavy (non-hydrogen) atoms. The van der Waals surface area contributed by atoms with Gasteiger partial charge in [-0.1, -0.05) is 33.1 Å². The van der Waals surface area contributed by atoms with Crippen molar-refractivity contribution >= 4 is 0 Å². The first-order valence-corrected chi connectivity index (χ1v) is 7.50. The van der Waals surface area contributed by atoms with E-state index in [0.717, 1.165) is 24.3 Å². The van der Waals surface area contributed by atoms with Gasteiger partial charge in [-0.15, -0.1) is 0 Å². The Morgan fingerprint density at radius 2 is 1.88 bits per heavy atom. The van der Waals surface area contributed by atoms with Crippen LogP contribution in [0, 0.1) is 17.8 Å². The monoisotopic (exact) mass is 238 g/mol. The molecule has 2 N–H and O–H groups in total. The largest absolute Gasteiger partial charge is 0.329 e. The van der Waals surface area contributed by atoms with Crippen LogP contribution in [-0.2, 0) is 0 Å². The van der Waals surface area contributed by atoms with Crippen LogP contribution in [0.1, 0.15) is 52.9 Å². The lowest BCUT2D eigenvalue weighted by atomic mass is 9.74. The lowest BCUT2D eigenvalue weighted by Crippen LogP contribution is -2.57. The molecule has 1 saturated heterocycles. The van der Waals surface area contributed by atoms with Crippen molar-refractivity contribution in [2.45, 2.75) is 58.4 Å². The van der Waals surface area contributed by atoms with E-state index < -0.39 is 0 Å². The van der Waals surface area contributed by atoms with Crippen LogP contribution in [0.15, 0.2) is 0 Å². The third kappa shape index (κ3) is 2.85. The molecule has 2 rings (SSSR count). The van der Waals surface area contributed by atoms with E-state index >= 15 is 0 Å². The molecule has 0 aromatic heterocycles. The number of rotatable bonds is 4. The fraction of sp³-hybridized carbons (Fsp3) is 1.00. The van der Waals surface area contributed by atoms with Crippen LogP contribution in [0.3, 0.4) is 0 Å². The fourth-order valence-electron chi connectivity index (χ4n) is 3.41. The molecule has 0 bridgehead atoms. The van der Waals surface area contributed by atoms with E-state index in [1.54, 1.807) is 0 Å². The van der Waals surface area contributed by atoms with Crippen LogP contribution in [0.25, 0.3) is 0 Å². The Bertz CT molecular complexity index is 249. The average Bonchev–Trinajstić information content (AvgIpc) is 2.27. The predicted octanol–water partition coefficient (Wildman–Crippen LogP) is 2.87. The third-order valence-corrected chi connectivity index (χ3v) is 5.49. The van der Waals surface area contributed by atoms with Gasteiger partial charge < -0.3 is 5.73 Å². The first-order valence-electron chi connectivity index (χ1n) is 7.50. The quantitative estimate of drug-likeness (QED) is 0.816. The molecule has 1 aliphatic heterocycles. The number of piperidine rings is 1. The fourth-order valence-corrected chi connectivity index (χ4v) is 3.41. The minimum Gasteiger partial charge on any atom is -0.329 e. The second kappa shape index (κ2) is 5.27. The minimum absolute atomic E-state index is 0.263. The third-order valence-electron chi connectivity index (χ3n) is 5.49. The molecule has 0 radical (unpaired) electrons. The topological polar surface area (TPSA) is 29.3 Å². The Hall–Kier alpha value is -0.0800. The molecule has 1 aliphatic carbocycles. The highest BCUT2D eigenvalue weighted by Gasteiger charge is 2.37. The molecule has 0 spiro atoms. The molecular formula is C15H30N2. The van der Waals surface area contributed by atoms with Gasteiger partial charge in [-0.05, 0) is 44.1 Å². The number of nitrogens with two attached hydrogens (primary N) is 1. The van der Waals surface area contributed by atoms with E-state index in [-0.39, 0.29) is 5.54 Å². The summed E-state index contributed by atoms with van der Waals surface area (Å²) < 4.78 is 0. The summed E-state index contributed by atoms with van der Waals surface area (Å²) >= 11 is 0. The molecule has 1 saturated carbocycles. The Labute approximate surface area is 107 Å². The minimum atomic E-state index is 0.263. The van der Waals surface area contributed by atoms with Gasteiger partial charge >= 0.3 is 0 Å². The summed E-state index contributed by atoms with van der Waals surface area (Å²) in [6.45, 7) is 10.5. The van der Waals surface area contributed by atoms with E-state index in [0.29, 0.717) is 0 Å². The van der Waals surface area contributed by atoms with Crippen LogP contribution in [0.5, 0.6) is 0 Å². The van der Waals surface area contributed by atoms with Crippen molar-refractivity contribution in [2.24, 2.45) is 23.5 Å². The predicted molar refractivity (Wildman–Crippen MR) is 73.9 cm³/mol. The van der Waals surface area contributed by atoms with Gasteiger partial charge in [0, 0.05) is 18.6 Å². The Balaban J connectivity index is 1.96. The summed E-state index contributed by atoms with van der Waals surface area (Å²) in [4.78, 5) is 2.69. The van der Waals surface area contributed by atoms with E-state index in [9.17, 15) is 0 Å². The SMILES string of the molecule is CC1CCN(C(C)(CN)CC2CCC2)CC1C. The Morgan fingerprint density at radius 1 is 1.18 bits per heavy atom. The zero-order chi connectivity index (χ0) is 12.5. The van der Waals surface area contributed by atoms with Crippen molar-refractivity contribution in [3.05, 3.63) is 0 Å². The molecule has 2 nitrogen and oxygen atoms in total. The van der Waals surface area contributed by atoms with Crippen molar-refractivity contribution in [1.29, 1.82) is 0 Å². The van der Waals surface area contributed by atoms with Gasteiger partial charge in [-0.25, -0.2) is 0 Å². The maximum absolute atomic E-state index is 6.10. The summed E-state index contributed by atoms with van der Waals surface area (Å²) in [7, 11) is 0. The highest BCUT2D eigenvalue weighted by Crippen LogP contribution is 2.37. The van der Waals surface area contributed by atoms with Crippen LogP contribution >= 0.6 is 0 Å². The van der Waals surface area contributed by atoms with Crippen molar-refractivity contribution in [3.8, 4) is 0 Å². The second-order valence-corrected chi connectivity index (χ2v) is 6.89. The lowest BCUT2D eigenvalue weighted by Gasteiger charge is -2.48. The van der Waals surface area contributed by atoms with Crippen LogP contribution in [-0.4, -0.2) is 30.1 Å². The van der Waals surface area contributed by atoms with Crippen LogP contribution in [0.4, 0.5) is 0 Å². The van der Waals surface area contributed by atoms with Gasteiger partial charge in [-0.3, -0.25) is 4.90 Å². The summed E-state index contributed by atoms with van der Waals surface area (Å²) in [6, 6.07) is 0. The molecular weight excluding hydrogens is 208 g/mol. The normalized spacial score (nSPS) is 35.3. The molecule has 100 valence electrons. The maximum atomic E-state index is 6.10. The van der Waals surface area contributed by atoms with Gasteiger partial charge in [0.05, 0.1) is 0 Å². The zero-order valence-electron chi connectivity index (χ0n) is 11.9. The van der Waals surface area contributed by atoms with Gasteiger partial charge in [0.2, 0.25) is 0 Å². The average molecular weight is 238 g/mol. The Kier molecular flexibility index (Phi) is 4.14. The second-order valence-electron chi connectivity index (χ2n) is 6.89. The number of likely N-dealkylation sites (tertiary alicyclic amines) is 1. The van der Waals surface area contributed by atoms with Gasteiger partial charge in [0.1, 0.15) is 0 Å². The molecule has 2 heteroatoms. The van der Waals surface area contributed by atoms with Gasteiger partial charge in [0.15, 0.2) is 0 Å². The van der Waals surface area contributed by atoms with E-state index in [4.69, 9.17) is 5.73 Å². The van der Waals surface area contributed by atoms with Gasteiger partial charge in [-0.2, -0.15) is 0 Å². The van der Waals surface area contributed by atoms with E-state index in [1.165, 1.54) is 45.2 Å². The summed E-state index contributed by atoms with van der Waals surface area (Å²) in [5.74, 6) is 2.67. The van der Waals surface area contributed by atoms with Crippen molar-refractivity contribution < 1.29 is 0 Å². The smallest absolute Gasteiger partial charge is 0.0306 e. The standard InChI is InChI=1S/C15H30N2/c1-12-7-8-17(10-13(12)2)15(3,11-16)9-14-5-4-6-14/h12-14H,4-11,16H2,1-3H3. The highest BCUT2D eigenvalue weighted by atomic mass is 15.2. The molecule has 0 aromatic carbocycles. The van der Waals surface area contributed by atoms with Crippen LogP contribution < -0.4 is 5.73 Å².